The number of furan rings is 1. The van der Waals surface area contributed by atoms with Crippen LogP contribution in [0.1, 0.15) is 38.8 Å². The highest BCUT2D eigenvalue weighted by atomic mass is 32.2. The minimum Gasteiger partial charge on any atom is -0.459 e. The second-order valence-electron chi connectivity index (χ2n) is 8.58. The Balaban J connectivity index is 2.00. The van der Waals surface area contributed by atoms with Crippen molar-refractivity contribution in [1.82, 2.24) is 11.0 Å². The molecule has 12 heteroatoms. The number of anilines is 1. The zero-order valence-corrected chi connectivity index (χ0v) is 21.9. The molecule has 1 atom stereocenters. The third kappa shape index (κ3) is 5.32. The Kier molecular flexibility index (Phi) is 7.67. The van der Waals surface area contributed by atoms with Crippen LogP contribution in [0.2, 0.25) is 0 Å². The van der Waals surface area contributed by atoms with Crippen LogP contribution in [0.15, 0.2) is 64.9 Å². The number of hydrogen-bond donors (Lipinski definition) is 2. The molecule has 4 rings (SSSR count). The van der Waals surface area contributed by atoms with E-state index in [2.05, 4.69) is 11.0 Å². The van der Waals surface area contributed by atoms with Gasteiger partial charge >= 0.3 is 0 Å². The van der Waals surface area contributed by atoms with Gasteiger partial charge in [0.1, 0.15) is 17.2 Å². The average Bonchev–Trinajstić information content (AvgIpc) is 3.26. The number of nitrogens with one attached hydrogen (secondary N) is 2. The molecule has 1 unspecified atom stereocenters. The van der Waals surface area contributed by atoms with Crippen LogP contribution in [-0.4, -0.2) is 47.8 Å². The lowest BCUT2D eigenvalue weighted by Gasteiger charge is -2.21. The van der Waals surface area contributed by atoms with Crippen LogP contribution in [0.3, 0.4) is 0 Å². The average molecular weight is 544 g/mol. The number of nitrogens with zero attached hydrogens (tertiary/aromatic N) is 1. The third-order valence-corrected chi connectivity index (χ3v) is 7.31. The molecule has 2 aromatic carbocycles. The van der Waals surface area contributed by atoms with Crippen LogP contribution in [0.25, 0.3) is 22.1 Å². The Hall–Kier alpha value is -4.00. The summed E-state index contributed by atoms with van der Waals surface area (Å²) in [6.07, 6.45) is 5.60. The van der Waals surface area contributed by atoms with Gasteiger partial charge in [-0.3, -0.25) is 23.6 Å². The van der Waals surface area contributed by atoms with Crippen LogP contribution in [0.5, 0.6) is 0 Å². The first-order valence-electron chi connectivity index (χ1n) is 11.4. The van der Waals surface area contributed by atoms with Crippen LogP contribution < -0.4 is 15.3 Å². The molecule has 0 aliphatic heterocycles. The zero-order chi connectivity index (χ0) is 27.6. The van der Waals surface area contributed by atoms with Crippen molar-refractivity contribution < 1.29 is 36.5 Å². The molecule has 0 radical (unpaired) electrons. The van der Waals surface area contributed by atoms with E-state index < -0.39 is 33.6 Å². The first-order valence-corrected chi connectivity index (χ1v) is 13.2. The molecule has 0 saturated carbocycles. The van der Waals surface area contributed by atoms with Crippen molar-refractivity contribution in [2.75, 3.05) is 31.8 Å². The molecule has 38 heavy (non-hydrogen) atoms. The molecule has 1 heterocycles. The largest absolute Gasteiger partial charge is 0.459 e. The number of sulfonamides is 1. The first kappa shape index (κ1) is 27.0. The summed E-state index contributed by atoms with van der Waals surface area (Å²) in [5.74, 6) is -1.65. The number of hydrogen-bond acceptors (Lipinski definition) is 7. The van der Waals surface area contributed by atoms with Crippen molar-refractivity contribution in [3.05, 3.63) is 77.3 Å². The quantitative estimate of drug-likeness (QED) is 0.412. The van der Waals surface area contributed by atoms with E-state index in [1.807, 2.05) is 0 Å². The SMILES string of the molecule is CONC(=O)c1cccc(-c2cc3c(C(=O)NOC)c(C4C=CC(F)=CC4)oc3cc2N(C)S(C)(=O)=O)c1. The number of allylic oxidation sites excluding steroid dienone is 4. The van der Waals surface area contributed by atoms with E-state index in [9.17, 15) is 22.4 Å². The van der Waals surface area contributed by atoms with Gasteiger partial charge in [-0.2, -0.15) is 0 Å². The van der Waals surface area contributed by atoms with Crippen molar-refractivity contribution in [1.29, 1.82) is 0 Å². The third-order valence-electron chi connectivity index (χ3n) is 6.11. The predicted molar refractivity (Wildman–Crippen MR) is 140 cm³/mol. The maximum atomic E-state index is 13.6. The summed E-state index contributed by atoms with van der Waals surface area (Å²) < 4.78 is 45.9. The Bertz CT molecular complexity index is 1580. The number of benzene rings is 2. The number of rotatable bonds is 8. The van der Waals surface area contributed by atoms with Crippen LogP contribution in [-0.2, 0) is 19.7 Å². The summed E-state index contributed by atoms with van der Waals surface area (Å²) in [6.45, 7) is 0. The molecule has 3 aromatic rings. The molecule has 0 spiro atoms. The van der Waals surface area contributed by atoms with Gasteiger partial charge in [0.05, 0.1) is 31.7 Å². The maximum Gasteiger partial charge on any atom is 0.279 e. The molecular weight excluding hydrogens is 517 g/mol. The summed E-state index contributed by atoms with van der Waals surface area (Å²) in [5.41, 5.74) is 6.40. The van der Waals surface area contributed by atoms with Crippen LogP contribution in [0.4, 0.5) is 10.1 Å². The lowest BCUT2D eigenvalue weighted by atomic mass is 9.93. The fourth-order valence-electron chi connectivity index (χ4n) is 4.23. The number of halogens is 1. The Morgan fingerprint density at radius 1 is 1.11 bits per heavy atom. The number of carbonyl (C=O) groups excluding carboxylic acids is 2. The highest BCUT2D eigenvalue weighted by Crippen LogP contribution is 2.42. The van der Waals surface area contributed by atoms with Gasteiger partial charge in [0.25, 0.3) is 11.8 Å². The second-order valence-corrected chi connectivity index (χ2v) is 10.6. The molecule has 1 aliphatic rings. The summed E-state index contributed by atoms with van der Waals surface area (Å²) in [7, 11) is 0.278. The minimum absolute atomic E-state index is 0.162. The minimum atomic E-state index is -3.71. The van der Waals surface area contributed by atoms with Gasteiger partial charge in [-0.05, 0) is 42.3 Å². The Labute approximate surface area is 218 Å². The summed E-state index contributed by atoms with van der Waals surface area (Å²) in [4.78, 5) is 35.0. The van der Waals surface area contributed by atoms with Gasteiger partial charge in [-0.15, -0.1) is 0 Å². The van der Waals surface area contributed by atoms with E-state index >= 15 is 0 Å². The normalized spacial score (nSPS) is 15.3. The van der Waals surface area contributed by atoms with E-state index in [1.165, 1.54) is 39.5 Å². The van der Waals surface area contributed by atoms with E-state index in [0.29, 0.717) is 16.5 Å². The molecule has 2 amide bonds. The molecule has 2 N–H and O–H groups in total. The Morgan fingerprint density at radius 2 is 1.82 bits per heavy atom. The van der Waals surface area contributed by atoms with Gasteiger partial charge in [0, 0.05) is 35.5 Å². The summed E-state index contributed by atoms with van der Waals surface area (Å²) >= 11 is 0. The summed E-state index contributed by atoms with van der Waals surface area (Å²) in [5, 5.41) is 0.380. The predicted octanol–water partition coefficient (Wildman–Crippen LogP) is 3.97. The first-order chi connectivity index (χ1) is 18.0. The van der Waals surface area contributed by atoms with Gasteiger partial charge < -0.3 is 4.42 Å². The van der Waals surface area contributed by atoms with Crippen molar-refractivity contribution >= 4 is 38.5 Å². The zero-order valence-electron chi connectivity index (χ0n) is 21.1. The Morgan fingerprint density at radius 3 is 2.45 bits per heavy atom. The number of amides is 2. The lowest BCUT2D eigenvalue weighted by Crippen LogP contribution is -2.25. The van der Waals surface area contributed by atoms with E-state index in [0.717, 1.165) is 10.6 Å². The molecule has 0 fully saturated rings. The van der Waals surface area contributed by atoms with E-state index in [4.69, 9.17) is 14.1 Å². The fourth-order valence-corrected chi connectivity index (χ4v) is 4.74. The molecule has 10 nitrogen and oxygen atoms in total. The fraction of sp³-hybridized carbons (Fsp3) is 0.231. The molecule has 1 aromatic heterocycles. The molecule has 1 aliphatic carbocycles. The highest BCUT2D eigenvalue weighted by Gasteiger charge is 2.29. The van der Waals surface area contributed by atoms with E-state index in [1.54, 1.807) is 36.4 Å². The topological polar surface area (TPSA) is 127 Å². The van der Waals surface area contributed by atoms with E-state index in [-0.39, 0.29) is 34.6 Å². The number of fused-ring (bicyclic) bond motifs is 1. The van der Waals surface area contributed by atoms with Crippen molar-refractivity contribution in [2.45, 2.75) is 12.3 Å². The standard InChI is InChI=1S/C26H26FN3O7S/c1-30(38(4,33)34)21-14-22-20(13-19(21)16-6-5-7-17(12-16)25(31)28-35-2)23(26(32)29-36-3)24(37-22)15-8-10-18(27)11-9-15/h5-8,10-15H,9H2,1-4H3,(H,28,31)(H,29,32). The molecule has 200 valence electrons. The molecule has 0 bridgehead atoms. The summed E-state index contributed by atoms with van der Waals surface area (Å²) in [6, 6.07) is 9.64. The monoisotopic (exact) mass is 543 g/mol. The van der Waals surface area contributed by atoms with Gasteiger partial charge in [-0.25, -0.2) is 23.8 Å². The highest BCUT2D eigenvalue weighted by molar-refractivity contribution is 7.92. The molecule has 0 saturated heterocycles. The maximum absolute atomic E-state index is 13.6. The van der Waals surface area contributed by atoms with Gasteiger partial charge in [0.2, 0.25) is 10.0 Å². The second kappa shape index (κ2) is 10.8. The van der Waals surface area contributed by atoms with Crippen molar-refractivity contribution in [3.8, 4) is 11.1 Å². The lowest BCUT2D eigenvalue weighted by molar-refractivity contribution is 0.0533. The number of hydroxylamine groups is 2. The number of carbonyl (C=O) groups is 2. The molecular formula is C26H26FN3O7S. The van der Waals surface area contributed by atoms with Crippen LogP contribution in [0, 0.1) is 0 Å². The van der Waals surface area contributed by atoms with Crippen LogP contribution >= 0.6 is 0 Å². The van der Waals surface area contributed by atoms with Crippen molar-refractivity contribution in [2.24, 2.45) is 0 Å². The van der Waals surface area contributed by atoms with Gasteiger partial charge in [-0.1, -0.05) is 18.2 Å². The van der Waals surface area contributed by atoms with Gasteiger partial charge in [0.15, 0.2) is 0 Å². The van der Waals surface area contributed by atoms with Crippen molar-refractivity contribution in [3.63, 3.8) is 0 Å². The smallest absolute Gasteiger partial charge is 0.279 e.